The summed E-state index contributed by atoms with van der Waals surface area (Å²) in [4.78, 5) is 34.4. The number of ether oxygens (including phenoxy) is 4. The van der Waals surface area contributed by atoms with Crippen LogP contribution in [0.15, 0.2) is 0 Å². The highest BCUT2D eigenvalue weighted by molar-refractivity contribution is 5.88. The maximum atomic E-state index is 12.3. The summed E-state index contributed by atoms with van der Waals surface area (Å²) in [5, 5.41) is 28.0. The van der Waals surface area contributed by atoms with Crippen molar-refractivity contribution in [3.63, 3.8) is 0 Å². The zero-order valence-corrected chi connectivity index (χ0v) is 16.9. The molecule has 164 valence electrons. The first kappa shape index (κ1) is 26.2. The summed E-state index contributed by atoms with van der Waals surface area (Å²) in [5.41, 5.74) is -2.81. The van der Waals surface area contributed by atoms with Crippen LogP contribution in [0.5, 0.6) is 0 Å². The Bertz CT molecular complexity index is 501. The number of carbonyl (C=O) groups excluding carboxylic acids is 1. The summed E-state index contributed by atoms with van der Waals surface area (Å²) in [5.74, 6) is -6.28. The van der Waals surface area contributed by atoms with E-state index in [-0.39, 0.29) is 6.61 Å². The van der Waals surface area contributed by atoms with Gasteiger partial charge in [-0.25, -0.2) is 4.79 Å². The van der Waals surface area contributed by atoms with E-state index in [0.717, 1.165) is 0 Å². The highest BCUT2D eigenvalue weighted by atomic mass is 16.8. The predicted molar refractivity (Wildman–Crippen MR) is 96.5 cm³/mol. The number of carboxylic acid groups (broad SMARTS) is 2. The normalized spacial score (nSPS) is 15.6. The lowest BCUT2D eigenvalue weighted by Gasteiger charge is -2.36. The van der Waals surface area contributed by atoms with Crippen molar-refractivity contribution in [2.45, 2.75) is 77.5 Å². The molecule has 0 spiro atoms. The molecule has 0 amide bonds. The minimum atomic E-state index is -2.81. The van der Waals surface area contributed by atoms with Gasteiger partial charge in [0, 0.05) is 20.1 Å². The standard InChI is InChI=1S/C18H32O10/c1-5-8-25-16(26-9-6-2)17(4,27-10-7-3)28-14(21)12-18(24,15(22)23)11-13(19)20/h16,24H,5-12H2,1-4H3,(H,19,20)(H,22,23). The van der Waals surface area contributed by atoms with Gasteiger partial charge >= 0.3 is 17.9 Å². The summed E-state index contributed by atoms with van der Waals surface area (Å²) >= 11 is 0. The fourth-order valence-corrected chi connectivity index (χ4v) is 2.22. The average molecular weight is 408 g/mol. The summed E-state index contributed by atoms with van der Waals surface area (Å²) in [6.45, 7) is 7.81. The number of carboxylic acids is 2. The van der Waals surface area contributed by atoms with Gasteiger partial charge in [0.15, 0.2) is 5.60 Å². The van der Waals surface area contributed by atoms with Gasteiger partial charge in [-0.2, -0.15) is 0 Å². The highest BCUT2D eigenvalue weighted by Crippen LogP contribution is 2.26. The van der Waals surface area contributed by atoms with Crippen LogP contribution in [0.2, 0.25) is 0 Å². The molecule has 28 heavy (non-hydrogen) atoms. The number of rotatable bonds is 16. The van der Waals surface area contributed by atoms with Gasteiger partial charge in [0.25, 0.3) is 5.79 Å². The van der Waals surface area contributed by atoms with E-state index < -0.39 is 48.4 Å². The van der Waals surface area contributed by atoms with Gasteiger partial charge in [-0.15, -0.1) is 0 Å². The van der Waals surface area contributed by atoms with Gasteiger partial charge in [-0.05, 0) is 19.3 Å². The van der Waals surface area contributed by atoms with Crippen LogP contribution in [0.25, 0.3) is 0 Å². The molecule has 0 saturated carbocycles. The zero-order valence-electron chi connectivity index (χ0n) is 16.9. The second-order valence-corrected chi connectivity index (χ2v) is 6.50. The molecule has 3 N–H and O–H groups in total. The maximum Gasteiger partial charge on any atom is 0.336 e. The number of esters is 1. The van der Waals surface area contributed by atoms with Crippen LogP contribution in [0, 0.1) is 0 Å². The van der Waals surface area contributed by atoms with E-state index in [1.54, 1.807) is 0 Å². The summed E-state index contributed by atoms with van der Waals surface area (Å²) in [7, 11) is 0. The van der Waals surface area contributed by atoms with Crippen LogP contribution in [0.3, 0.4) is 0 Å². The Morgan fingerprint density at radius 1 is 0.893 bits per heavy atom. The van der Waals surface area contributed by atoms with E-state index in [4.69, 9.17) is 29.2 Å². The lowest BCUT2D eigenvalue weighted by molar-refractivity contribution is -0.333. The molecule has 0 aliphatic carbocycles. The molecule has 0 heterocycles. The van der Waals surface area contributed by atoms with E-state index >= 15 is 0 Å². The molecule has 0 aliphatic heterocycles. The van der Waals surface area contributed by atoms with E-state index in [0.29, 0.717) is 32.5 Å². The van der Waals surface area contributed by atoms with Crippen LogP contribution in [-0.2, 0) is 33.3 Å². The molecule has 0 aromatic rings. The van der Waals surface area contributed by atoms with Crippen LogP contribution in [-0.4, -0.2) is 70.7 Å². The monoisotopic (exact) mass is 408 g/mol. The number of hydrogen-bond donors (Lipinski definition) is 3. The third-order valence-corrected chi connectivity index (χ3v) is 3.56. The van der Waals surface area contributed by atoms with Gasteiger partial charge in [0.05, 0.1) is 19.4 Å². The van der Waals surface area contributed by atoms with Crippen molar-refractivity contribution in [1.29, 1.82) is 0 Å². The number of hydrogen-bond acceptors (Lipinski definition) is 8. The maximum absolute atomic E-state index is 12.3. The smallest absolute Gasteiger partial charge is 0.336 e. The molecule has 0 aliphatic rings. The first-order valence-corrected chi connectivity index (χ1v) is 9.31. The van der Waals surface area contributed by atoms with E-state index in [1.807, 2.05) is 20.8 Å². The van der Waals surface area contributed by atoms with Crippen molar-refractivity contribution in [3.8, 4) is 0 Å². The Balaban J connectivity index is 5.46. The molecule has 2 unspecified atom stereocenters. The van der Waals surface area contributed by atoms with E-state index in [2.05, 4.69) is 0 Å². The lowest BCUT2D eigenvalue weighted by Crippen LogP contribution is -2.51. The molecule has 0 rings (SSSR count). The van der Waals surface area contributed by atoms with Crippen molar-refractivity contribution >= 4 is 17.9 Å². The molecule has 0 bridgehead atoms. The Hall–Kier alpha value is -1.75. The summed E-state index contributed by atoms with van der Waals surface area (Å²) < 4.78 is 22.1. The number of carbonyl (C=O) groups is 3. The van der Waals surface area contributed by atoms with Crippen molar-refractivity contribution in [2.75, 3.05) is 19.8 Å². The lowest BCUT2D eigenvalue weighted by atomic mass is 9.96. The third-order valence-electron chi connectivity index (χ3n) is 3.56. The molecular formula is C18H32O10. The van der Waals surface area contributed by atoms with Crippen molar-refractivity contribution in [3.05, 3.63) is 0 Å². The second-order valence-electron chi connectivity index (χ2n) is 6.50. The van der Waals surface area contributed by atoms with Gasteiger partial charge in [0.2, 0.25) is 6.29 Å². The average Bonchev–Trinajstić information content (AvgIpc) is 2.58. The van der Waals surface area contributed by atoms with Gasteiger partial charge < -0.3 is 34.3 Å². The number of aliphatic carboxylic acids is 2. The molecule has 0 saturated heterocycles. The molecular weight excluding hydrogens is 376 g/mol. The number of aliphatic hydroxyl groups is 1. The largest absolute Gasteiger partial charge is 0.481 e. The quantitative estimate of drug-likeness (QED) is 0.253. The zero-order chi connectivity index (χ0) is 21.8. The fourth-order valence-electron chi connectivity index (χ4n) is 2.22. The minimum absolute atomic E-state index is 0.198. The SMILES string of the molecule is CCCOC(OCCC)C(C)(OCCC)OC(=O)CC(O)(CC(=O)O)C(=O)O. The Morgan fingerprint density at radius 2 is 1.39 bits per heavy atom. The Labute approximate surface area is 164 Å². The summed E-state index contributed by atoms with van der Waals surface area (Å²) in [6, 6.07) is 0. The fraction of sp³-hybridized carbons (Fsp3) is 0.833. The first-order chi connectivity index (χ1) is 13.0. The second kappa shape index (κ2) is 12.7. The van der Waals surface area contributed by atoms with Gasteiger partial charge in [0.1, 0.15) is 0 Å². The molecule has 10 nitrogen and oxygen atoms in total. The summed E-state index contributed by atoms with van der Waals surface area (Å²) in [6.07, 6.45) is -1.39. The molecule has 2 atom stereocenters. The Kier molecular flexibility index (Phi) is 11.9. The van der Waals surface area contributed by atoms with Crippen molar-refractivity contribution in [2.24, 2.45) is 0 Å². The van der Waals surface area contributed by atoms with Gasteiger partial charge in [-0.1, -0.05) is 20.8 Å². The predicted octanol–water partition coefficient (Wildman–Crippen LogP) is 1.53. The topological polar surface area (TPSA) is 149 Å². The Morgan fingerprint density at radius 3 is 1.79 bits per heavy atom. The van der Waals surface area contributed by atoms with Crippen LogP contribution < -0.4 is 0 Å². The molecule has 10 heteroatoms. The molecule has 0 aromatic carbocycles. The molecule has 0 fully saturated rings. The minimum Gasteiger partial charge on any atom is -0.481 e. The molecule has 0 aromatic heterocycles. The third kappa shape index (κ3) is 8.96. The van der Waals surface area contributed by atoms with E-state index in [1.165, 1.54) is 6.92 Å². The van der Waals surface area contributed by atoms with Crippen LogP contribution >= 0.6 is 0 Å². The van der Waals surface area contributed by atoms with Crippen molar-refractivity contribution < 1.29 is 48.7 Å². The highest BCUT2D eigenvalue weighted by Gasteiger charge is 2.46. The molecule has 0 radical (unpaired) electrons. The van der Waals surface area contributed by atoms with Gasteiger partial charge in [-0.3, -0.25) is 9.59 Å². The van der Waals surface area contributed by atoms with E-state index in [9.17, 15) is 19.5 Å². The van der Waals surface area contributed by atoms with Crippen LogP contribution in [0.1, 0.15) is 59.8 Å². The van der Waals surface area contributed by atoms with Crippen molar-refractivity contribution in [1.82, 2.24) is 0 Å². The van der Waals surface area contributed by atoms with Crippen LogP contribution in [0.4, 0.5) is 0 Å². The first-order valence-electron chi connectivity index (χ1n) is 9.31.